The van der Waals surface area contributed by atoms with E-state index in [2.05, 4.69) is 5.32 Å². The highest BCUT2D eigenvalue weighted by molar-refractivity contribution is 8.00. The smallest absolute Gasteiger partial charge is 0.269 e. The molecule has 0 saturated heterocycles. The number of nitrogens with one attached hydrogen (secondary N) is 1. The molecule has 0 spiro atoms. The van der Waals surface area contributed by atoms with Crippen LogP contribution in [0.15, 0.2) is 29.2 Å². The Balaban J connectivity index is 1.61. The van der Waals surface area contributed by atoms with E-state index < -0.39 is 4.92 Å². The highest BCUT2D eigenvalue weighted by atomic mass is 32.2. The first kappa shape index (κ1) is 19.7. The molecule has 0 aromatic heterocycles. The van der Waals surface area contributed by atoms with Gasteiger partial charge in [0.2, 0.25) is 5.91 Å². The molecule has 25 heavy (non-hydrogen) atoms. The summed E-state index contributed by atoms with van der Waals surface area (Å²) in [5, 5.41) is 13.3. The second-order valence-electron chi connectivity index (χ2n) is 6.29. The number of nitro benzene ring substituents is 1. The van der Waals surface area contributed by atoms with Gasteiger partial charge < -0.3 is 10.1 Å². The number of hydrogen-bond donors (Lipinski definition) is 1. The second kappa shape index (κ2) is 10.4. The summed E-state index contributed by atoms with van der Waals surface area (Å²) in [4.78, 5) is 23.2. The monoisotopic (exact) mass is 366 g/mol. The lowest BCUT2D eigenvalue weighted by Crippen LogP contribution is -2.32. The average Bonchev–Trinajstić information content (AvgIpc) is 2.62. The van der Waals surface area contributed by atoms with Gasteiger partial charge in [0.1, 0.15) is 0 Å². The van der Waals surface area contributed by atoms with Crippen LogP contribution < -0.4 is 5.32 Å². The number of benzene rings is 1. The summed E-state index contributed by atoms with van der Waals surface area (Å²) in [6.45, 7) is 3.13. The minimum Gasteiger partial charge on any atom is -0.378 e. The number of rotatable bonds is 9. The van der Waals surface area contributed by atoms with Crippen molar-refractivity contribution in [2.75, 3.05) is 13.2 Å². The minimum atomic E-state index is -0.431. The van der Waals surface area contributed by atoms with Crippen LogP contribution in [-0.2, 0) is 9.53 Å². The van der Waals surface area contributed by atoms with Crippen LogP contribution in [0.3, 0.4) is 0 Å². The lowest BCUT2D eigenvalue weighted by atomic mass is 9.98. The van der Waals surface area contributed by atoms with E-state index in [-0.39, 0.29) is 16.8 Å². The van der Waals surface area contributed by atoms with Crippen LogP contribution in [0.1, 0.15) is 45.4 Å². The Morgan fingerprint density at radius 2 is 2.00 bits per heavy atom. The van der Waals surface area contributed by atoms with Gasteiger partial charge in [-0.05, 0) is 38.3 Å². The predicted octanol–water partition coefficient (Wildman–Crippen LogP) is 3.93. The summed E-state index contributed by atoms with van der Waals surface area (Å²) in [7, 11) is 0. The number of carbonyl (C=O) groups is 1. The molecule has 1 N–H and O–H groups in total. The van der Waals surface area contributed by atoms with Crippen molar-refractivity contribution in [3.63, 3.8) is 0 Å². The summed E-state index contributed by atoms with van der Waals surface area (Å²) in [6.07, 6.45) is 7.39. The van der Waals surface area contributed by atoms with Gasteiger partial charge >= 0.3 is 0 Å². The molecule has 0 heterocycles. The van der Waals surface area contributed by atoms with Crippen LogP contribution in [-0.4, -0.2) is 35.3 Å². The second-order valence-corrected chi connectivity index (χ2v) is 7.70. The zero-order valence-corrected chi connectivity index (χ0v) is 15.4. The van der Waals surface area contributed by atoms with E-state index in [0.29, 0.717) is 19.3 Å². The normalized spacial score (nSPS) is 16.4. The summed E-state index contributed by atoms with van der Waals surface area (Å²) < 4.78 is 5.84. The van der Waals surface area contributed by atoms with E-state index in [0.717, 1.165) is 24.2 Å². The molecular formula is C18H26N2O4S. The van der Waals surface area contributed by atoms with Gasteiger partial charge in [-0.15, -0.1) is 11.8 Å². The van der Waals surface area contributed by atoms with Gasteiger partial charge in [0.25, 0.3) is 5.69 Å². The van der Waals surface area contributed by atoms with Crippen molar-refractivity contribution in [1.29, 1.82) is 0 Å². The number of amides is 1. The van der Waals surface area contributed by atoms with Crippen molar-refractivity contribution < 1.29 is 14.5 Å². The third-order valence-corrected chi connectivity index (χ3v) is 5.37. The summed E-state index contributed by atoms with van der Waals surface area (Å²) in [5.41, 5.74) is 0.0550. The first-order valence-electron chi connectivity index (χ1n) is 8.86. The number of carbonyl (C=O) groups excluding carboxylic acids is 1. The molecule has 7 heteroatoms. The number of ether oxygens (including phenoxy) is 1. The lowest BCUT2D eigenvalue weighted by Gasteiger charge is -2.22. The highest BCUT2D eigenvalue weighted by Crippen LogP contribution is 2.25. The number of nitrogens with zero attached hydrogens (tertiary/aromatic N) is 1. The quantitative estimate of drug-likeness (QED) is 0.310. The largest absolute Gasteiger partial charge is 0.378 e. The standard InChI is InChI=1S/C18H26N2O4S/c1-14(25-17-10-8-15(9-11-17)20(22)23)18(21)19-12-5-13-24-16-6-3-2-4-7-16/h8-11,14,16H,2-7,12-13H2,1H3,(H,19,21)/t14-/m0/s1. The molecule has 138 valence electrons. The van der Waals surface area contributed by atoms with Crippen LogP contribution in [0.2, 0.25) is 0 Å². The van der Waals surface area contributed by atoms with Crippen molar-refractivity contribution in [2.45, 2.75) is 61.7 Å². The minimum absolute atomic E-state index is 0.0268. The molecule has 1 aromatic carbocycles. The van der Waals surface area contributed by atoms with E-state index in [1.807, 2.05) is 6.92 Å². The molecule has 1 fully saturated rings. The third-order valence-electron chi connectivity index (χ3n) is 4.26. The van der Waals surface area contributed by atoms with E-state index in [1.54, 1.807) is 12.1 Å². The van der Waals surface area contributed by atoms with E-state index in [9.17, 15) is 14.9 Å². The van der Waals surface area contributed by atoms with Gasteiger partial charge in [-0.1, -0.05) is 19.3 Å². The van der Waals surface area contributed by atoms with Gasteiger partial charge in [0.05, 0.1) is 16.3 Å². The molecule has 1 amide bonds. The van der Waals surface area contributed by atoms with Gasteiger partial charge in [-0.2, -0.15) is 0 Å². The Bertz CT molecular complexity index is 559. The first-order valence-corrected chi connectivity index (χ1v) is 9.74. The maximum atomic E-state index is 12.1. The van der Waals surface area contributed by atoms with Crippen LogP contribution in [0, 0.1) is 10.1 Å². The molecule has 1 saturated carbocycles. The molecular weight excluding hydrogens is 340 g/mol. The van der Waals surface area contributed by atoms with Gasteiger partial charge in [0.15, 0.2) is 0 Å². The summed E-state index contributed by atoms with van der Waals surface area (Å²) >= 11 is 1.39. The molecule has 0 aliphatic heterocycles. The molecule has 0 bridgehead atoms. The van der Waals surface area contributed by atoms with Gasteiger partial charge in [-0.25, -0.2) is 0 Å². The Hall–Kier alpha value is -1.60. The SMILES string of the molecule is C[C@H](Sc1ccc([N+](=O)[O-])cc1)C(=O)NCCCOC1CCCCC1. The highest BCUT2D eigenvalue weighted by Gasteiger charge is 2.15. The van der Waals surface area contributed by atoms with Gasteiger partial charge in [-0.3, -0.25) is 14.9 Å². The molecule has 6 nitrogen and oxygen atoms in total. The topological polar surface area (TPSA) is 81.5 Å². The number of hydrogen-bond acceptors (Lipinski definition) is 5. The lowest BCUT2D eigenvalue weighted by molar-refractivity contribution is -0.384. The van der Waals surface area contributed by atoms with E-state index in [4.69, 9.17) is 4.74 Å². The van der Waals surface area contributed by atoms with Crippen LogP contribution in [0.4, 0.5) is 5.69 Å². The molecule has 0 radical (unpaired) electrons. The molecule has 1 aliphatic rings. The molecule has 1 atom stereocenters. The van der Waals surface area contributed by atoms with Crippen molar-refractivity contribution in [3.05, 3.63) is 34.4 Å². The van der Waals surface area contributed by atoms with Crippen molar-refractivity contribution in [1.82, 2.24) is 5.32 Å². The number of thioether (sulfide) groups is 1. The van der Waals surface area contributed by atoms with E-state index >= 15 is 0 Å². The van der Waals surface area contributed by atoms with Crippen LogP contribution >= 0.6 is 11.8 Å². The summed E-state index contributed by atoms with van der Waals surface area (Å²) in [5.74, 6) is -0.0268. The number of nitro groups is 1. The number of non-ortho nitro benzene ring substituents is 1. The van der Waals surface area contributed by atoms with Crippen molar-refractivity contribution >= 4 is 23.4 Å². The van der Waals surface area contributed by atoms with Crippen molar-refractivity contribution in [3.8, 4) is 0 Å². The zero-order valence-electron chi connectivity index (χ0n) is 14.6. The predicted molar refractivity (Wildman–Crippen MR) is 98.9 cm³/mol. The van der Waals surface area contributed by atoms with Gasteiger partial charge in [0, 0.05) is 30.2 Å². The Morgan fingerprint density at radius 3 is 2.64 bits per heavy atom. The summed E-state index contributed by atoms with van der Waals surface area (Å²) in [6, 6.07) is 6.25. The Labute approximate surface area is 152 Å². The first-order chi connectivity index (χ1) is 12.1. The maximum absolute atomic E-state index is 12.1. The van der Waals surface area contributed by atoms with E-state index in [1.165, 1.54) is 43.2 Å². The average molecular weight is 366 g/mol. The van der Waals surface area contributed by atoms with Crippen molar-refractivity contribution in [2.24, 2.45) is 0 Å². The Kier molecular flexibility index (Phi) is 8.21. The Morgan fingerprint density at radius 1 is 1.32 bits per heavy atom. The van der Waals surface area contributed by atoms with Crippen LogP contribution in [0.5, 0.6) is 0 Å². The van der Waals surface area contributed by atoms with Crippen LogP contribution in [0.25, 0.3) is 0 Å². The fourth-order valence-corrected chi connectivity index (χ4v) is 3.71. The fourth-order valence-electron chi connectivity index (χ4n) is 2.81. The molecule has 2 rings (SSSR count). The molecule has 0 unspecified atom stereocenters. The third kappa shape index (κ3) is 7.04. The fraction of sp³-hybridized carbons (Fsp3) is 0.611. The molecule has 1 aliphatic carbocycles. The maximum Gasteiger partial charge on any atom is 0.269 e. The molecule has 1 aromatic rings. The zero-order chi connectivity index (χ0) is 18.1.